The van der Waals surface area contributed by atoms with Gasteiger partial charge < -0.3 is 10.2 Å². The smallest absolute Gasteiger partial charge is 0.231 e. The molecule has 1 amide bonds. The van der Waals surface area contributed by atoms with Gasteiger partial charge in [-0.15, -0.1) is 0 Å². The van der Waals surface area contributed by atoms with E-state index in [9.17, 15) is 4.79 Å². The van der Waals surface area contributed by atoms with Crippen molar-refractivity contribution in [2.24, 2.45) is 0 Å². The minimum atomic E-state index is 0.164. The highest BCUT2D eigenvalue weighted by Gasteiger charge is 2.25. The summed E-state index contributed by atoms with van der Waals surface area (Å²) < 4.78 is 0.951. The molecule has 1 aliphatic rings. The van der Waals surface area contributed by atoms with Crippen LogP contribution < -0.4 is 10.2 Å². The van der Waals surface area contributed by atoms with Crippen molar-refractivity contribution in [1.29, 1.82) is 0 Å². The first-order valence-electron chi connectivity index (χ1n) is 6.48. The molecule has 0 spiro atoms. The lowest BCUT2D eigenvalue weighted by atomic mass is 10.2. The highest BCUT2D eigenvalue weighted by Crippen LogP contribution is 2.27. The summed E-state index contributed by atoms with van der Waals surface area (Å²) in [6.45, 7) is 1.32. The van der Waals surface area contributed by atoms with Gasteiger partial charge in [0.2, 0.25) is 5.91 Å². The number of carbonyl (C=O) groups is 1. The fourth-order valence-corrected chi connectivity index (χ4v) is 2.57. The summed E-state index contributed by atoms with van der Waals surface area (Å²) in [5, 5.41) is 3.22. The van der Waals surface area contributed by atoms with Gasteiger partial charge in [0.05, 0.1) is 6.42 Å². The number of rotatable bonds is 4. The van der Waals surface area contributed by atoms with E-state index >= 15 is 0 Å². The summed E-state index contributed by atoms with van der Waals surface area (Å²) in [7, 11) is 0. The molecule has 0 radical (unpaired) electrons. The number of pyridine rings is 1. The van der Waals surface area contributed by atoms with E-state index < -0.39 is 0 Å². The fourth-order valence-electron chi connectivity index (χ4n) is 2.34. The predicted octanol–water partition coefficient (Wildman–Crippen LogP) is 2.85. The Labute approximate surface area is 126 Å². The Hall–Kier alpha value is -1.88. The van der Waals surface area contributed by atoms with Gasteiger partial charge in [0.15, 0.2) is 0 Å². The molecule has 0 aliphatic carbocycles. The van der Waals surface area contributed by atoms with Crippen LogP contribution >= 0.6 is 15.9 Å². The van der Waals surface area contributed by atoms with Crippen LogP contribution in [-0.2, 0) is 11.2 Å². The molecule has 0 saturated heterocycles. The minimum absolute atomic E-state index is 0.164. The summed E-state index contributed by atoms with van der Waals surface area (Å²) in [4.78, 5) is 18.1. The zero-order valence-corrected chi connectivity index (χ0v) is 12.4. The lowest BCUT2D eigenvalue weighted by Gasteiger charge is -2.17. The number of amides is 1. The van der Waals surface area contributed by atoms with E-state index in [4.69, 9.17) is 0 Å². The number of hydrogen-bond acceptors (Lipinski definition) is 3. The van der Waals surface area contributed by atoms with Crippen molar-refractivity contribution >= 4 is 33.3 Å². The second-order valence-electron chi connectivity index (χ2n) is 4.64. The molecule has 3 rings (SSSR count). The SMILES string of the molecule is O=C1Cc2ccccc2N1CCNc1ccc(Br)cn1. The molecule has 0 atom stereocenters. The number of hydrogen-bond donors (Lipinski definition) is 1. The fraction of sp³-hybridized carbons (Fsp3) is 0.200. The van der Waals surface area contributed by atoms with Gasteiger partial charge in [-0.05, 0) is 39.7 Å². The molecule has 102 valence electrons. The minimum Gasteiger partial charge on any atom is -0.368 e. The molecule has 1 aliphatic heterocycles. The molecular formula is C15H14BrN3O. The summed E-state index contributed by atoms with van der Waals surface area (Å²) >= 11 is 3.35. The van der Waals surface area contributed by atoms with E-state index in [0.717, 1.165) is 21.5 Å². The Kier molecular flexibility index (Phi) is 3.69. The normalized spacial score (nSPS) is 13.4. The Bertz CT molecular complexity index is 627. The average molecular weight is 332 g/mol. The van der Waals surface area contributed by atoms with Gasteiger partial charge in [-0.3, -0.25) is 4.79 Å². The quantitative estimate of drug-likeness (QED) is 0.936. The van der Waals surface area contributed by atoms with Crippen LogP contribution in [0.5, 0.6) is 0 Å². The van der Waals surface area contributed by atoms with Crippen LogP contribution in [0.4, 0.5) is 11.5 Å². The molecule has 0 bridgehead atoms. The Balaban J connectivity index is 1.61. The van der Waals surface area contributed by atoms with Gasteiger partial charge >= 0.3 is 0 Å². The number of carbonyl (C=O) groups excluding carboxylic acids is 1. The number of nitrogens with one attached hydrogen (secondary N) is 1. The standard InChI is InChI=1S/C15H14BrN3O/c16-12-5-6-14(18-10-12)17-7-8-19-13-4-2-1-3-11(13)9-15(19)20/h1-6,10H,7-9H2,(H,17,18). The maximum atomic E-state index is 12.0. The summed E-state index contributed by atoms with van der Waals surface area (Å²) in [5.74, 6) is 0.977. The number of benzene rings is 1. The van der Waals surface area contributed by atoms with E-state index in [-0.39, 0.29) is 5.91 Å². The molecule has 4 nitrogen and oxygen atoms in total. The second-order valence-corrected chi connectivity index (χ2v) is 5.55. The highest BCUT2D eigenvalue weighted by atomic mass is 79.9. The molecule has 2 aromatic rings. The van der Waals surface area contributed by atoms with E-state index in [1.165, 1.54) is 0 Å². The number of halogens is 1. The van der Waals surface area contributed by atoms with Crippen molar-refractivity contribution in [3.8, 4) is 0 Å². The third kappa shape index (κ3) is 2.67. The molecule has 0 fully saturated rings. The van der Waals surface area contributed by atoms with Crippen molar-refractivity contribution in [1.82, 2.24) is 4.98 Å². The van der Waals surface area contributed by atoms with E-state index in [0.29, 0.717) is 19.5 Å². The Morgan fingerprint density at radius 2 is 2.10 bits per heavy atom. The van der Waals surface area contributed by atoms with E-state index in [1.807, 2.05) is 41.3 Å². The number of fused-ring (bicyclic) bond motifs is 1. The van der Waals surface area contributed by atoms with Crippen LogP contribution in [0.15, 0.2) is 47.1 Å². The molecule has 0 saturated carbocycles. The third-order valence-electron chi connectivity index (χ3n) is 3.29. The lowest BCUT2D eigenvalue weighted by molar-refractivity contribution is -0.117. The van der Waals surface area contributed by atoms with Gasteiger partial charge in [0.1, 0.15) is 5.82 Å². The molecule has 1 N–H and O–H groups in total. The monoisotopic (exact) mass is 331 g/mol. The van der Waals surface area contributed by atoms with Gasteiger partial charge in [-0.2, -0.15) is 0 Å². The van der Waals surface area contributed by atoms with Gasteiger partial charge in [-0.25, -0.2) is 4.98 Å². The largest absolute Gasteiger partial charge is 0.368 e. The van der Waals surface area contributed by atoms with Crippen molar-refractivity contribution in [3.63, 3.8) is 0 Å². The zero-order valence-electron chi connectivity index (χ0n) is 10.8. The summed E-state index contributed by atoms with van der Waals surface area (Å²) in [5.41, 5.74) is 2.14. The topological polar surface area (TPSA) is 45.2 Å². The number of para-hydroxylation sites is 1. The predicted molar refractivity (Wildman–Crippen MR) is 82.9 cm³/mol. The molecule has 20 heavy (non-hydrogen) atoms. The molecule has 1 aromatic heterocycles. The Morgan fingerprint density at radius 1 is 1.25 bits per heavy atom. The maximum Gasteiger partial charge on any atom is 0.231 e. The first-order valence-corrected chi connectivity index (χ1v) is 7.27. The van der Waals surface area contributed by atoms with Crippen LogP contribution in [-0.4, -0.2) is 24.0 Å². The van der Waals surface area contributed by atoms with E-state index in [2.05, 4.69) is 26.2 Å². The molecule has 0 unspecified atom stereocenters. The molecule has 2 heterocycles. The van der Waals surface area contributed by atoms with Crippen molar-refractivity contribution in [2.45, 2.75) is 6.42 Å². The first-order chi connectivity index (χ1) is 9.74. The zero-order chi connectivity index (χ0) is 13.9. The van der Waals surface area contributed by atoms with Gasteiger partial charge in [0, 0.05) is 29.4 Å². The van der Waals surface area contributed by atoms with Crippen molar-refractivity contribution in [3.05, 3.63) is 52.6 Å². The van der Waals surface area contributed by atoms with Crippen molar-refractivity contribution < 1.29 is 4.79 Å². The average Bonchev–Trinajstić information content (AvgIpc) is 2.77. The number of anilines is 2. The summed E-state index contributed by atoms with van der Waals surface area (Å²) in [6.07, 6.45) is 2.26. The number of aromatic nitrogens is 1. The van der Waals surface area contributed by atoms with Crippen LogP contribution in [0, 0.1) is 0 Å². The maximum absolute atomic E-state index is 12.0. The van der Waals surface area contributed by atoms with Crippen LogP contribution in [0.1, 0.15) is 5.56 Å². The third-order valence-corrected chi connectivity index (χ3v) is 3.76. The second kappa shape index (κ2) is 5.63. The van der Waals surface area contributed by atoms with Crippen LogP contribution in [0.25, 0.3) is 0 Å². The van der Waals surface area contributed by atoms with Gasteiger partial charge in [-0.1, -0.05) is 18.2 Å². The van der Waals surface area contributed by atoms with Gasteiger partial charge in [0.25, 0.3) is 0 Å². The molecular weight excluding hydrogens is 318 g/mol. The van der Waals surface area contributed by atoms with Crippen molar-refractivity contribution in [2.75, 3.05) is 23.3 Å². The number of nitrogens with zero attached hydrogens (tertiary/aromatic N) is 2. The molecule has 1 aromatic carbocycles. The molecule has 5 heteroatoms. The van der Waals surface area contributed by atoms with E-state index in [1.54, 1.807) is 6.20 Å². The highest BCUT2D eigenvalue weighted by molar-refractivity contribution is 9.10. The summed E-state index contributed by atoms with van der Waals surface area (Å²) in [6, 6.07) is 11.8. The Morgan fingerprint density at radius 3 is 2.90 bits per heavy atom. The first kappa shape index (κ1) is 13.1. The van der Waals surface area contributed by atoms with Crippen LogP contribution in [0.2, 0.25) is 0 Å². The lowest BCUT2D eigenvalue weighted by Crippen LogP contribution is -2.31. The van der Waals surface area contributed by atoms with Crippen LogP contribution in [0.3, 0.4) is 0 Å².